The molecule has 23 heavy (non-hydrogen) atoms. The summed E-state index contributed by atoms with van der Waals surface area (Å²) in [5.41, 5.74) is 1.03. The molecule has 0 spiro atoms. The quantitative estimate of drug-likeness (QED) is 0.764. The van der Waals surface area contributed by atoms with E-state index in [1.54, 1.807) is 4.90 Å². The number of ether oxygens (including phenoxy) is 1. The molecule has 126 valence electrons. The molecule has 0 aliphatic carbocycles. The van der Waals surface area contributed by atoms with Gasteiger partial charge in [0.2, 0.25) is 0 Å². The number of halogens is 1. The van der Waals surface area contributed by atoms with Gasteiger partial charge in [0, 0.05) is 24.0 Å². The molecule has 1 aliphatic rings. The summed E-state index contributed by atoms with van der Waals surface area (Å²) in [7, 11) is 0. The predicted octanol–water partition coefficient (Wildman–Crippen LogP) is 2.79. The summed E-state index contributed by atoms with van der Waals surface area (Å²) in [5, 5.41) is 11.4. The summed E-state index contributed by atoms with van der Waals surface area (Å²) in [6, 6.07) is 7.61. The molecule has 0 radical (unpaired) electrons. The number of morpholine rings is 1. The first-order valence-corrected chi connectivity index (χ1v) is 8.41. The van der Waals surface area contributed by atoms with Gasteiger partial charge in [-0.05, 0) is 31.0 Å². The van der Waals surface area contributed by atoms with Crippen LogP contribution in [0.1, 0.15) is 31.4 Å². The second-order valence-electron chi connectivity index (χ2n) is 5.51. The monoisotopic (exact) mass is 384 g/mol. The van der Waals surface area contributed by atoms with Gasteiger partial charge in [-0.3, -0.25) is 4.79 Å². The van der Waals surface area contributed by atoms with Crippen molar-refractivity contribution >= 4 is 27.9 Å². The number of hydrogen-bond acceptors (Lipinski definition) is 3. The number of urea groups is 1. The van der Waals surface area contributed by atoms with Gasteiger partial charge in [-0.1, -0.05) is 28.1 Å². The summed E-state index contributed by atoms with van der Waals surface area (Å²) in [6.07, 6.45) is 0.317. The van der Waals surface area contributed by atoms with Crippen LogP contribution in [0.5, 0.6) is 0 Å². The van der Waals surface area contributed by atoms with Gasteiger partial charge in [0.25, 0.3) is 0 Å². The third-order valence-electron chi connectivity index (χ3n) is 3.86. The summed E-state index contributed by atoms with van der Waals surface area (Å²) in [5.74, 6) is -0.853. The largest absolute Gasteiger partial charge is 0.481 e. The van der Waals surface area contributed by atoms with Crippen molar-refractivity contribution in [1.29, 1.82) is 0 Å². The minimum absolute atomic E-state index is 0.0560. The van der Waals surface area contributed by atoms with Crippen LogP contribution in [-0.4, -0.2) is 47.7 Å². The fraction of sp³-hybridized carbons (Fsp3) is 0.500. The first kappa shape index (κ1) is 17.7. The smallest absolute Gasteiger partial charge is 0.317 e. The van der Waals surface area contributed by atoms with Gasteiger partial charge < -0.3 is 20.1 Å². The molecule has 1 aliphatic heterocycles. The number of benzene rings is 1. The van der Waals surface area contributed by atoms with Crippen LogP contribution in [0.2, 0.25) is 0 Å². The van der Waals surface area contributed by atoms with E-state index >= 15 is 0 Å². The van der Waals surface area contributed by atoms with Crippen LogP contribution in [0, 0.1) is 0 Å². The Hall–Kier alpha value is -1.60. The van der Waals surface area contributed by atoms with Crippen LogP contribution in [0.4, 0.5) is 4.79 Å². The number of amides is 2. The zero-order chi connectivity index (χ0) is 16.8. The molecule has 1 aromatic carbocycles. The molecule has 7 heteroatoms. The summed E-state index contributed by atoms with van der Waals surface area (Å²) >= 11 is 3.41. The second kappa shape index (κ2) is 8.31. The molecule has 1 saturated heterocycles. The third-order valence-corrected chi connectivity index (χ3v) is 4.39. The van der Waals surface area contributed by atoms with Crippen LogP contribution in [0.15, 0.2) is 28.7 Å². The SMILES string of the molecule is CC1C(c2ccc(Br)cc2)OCCN1C(=O)NCCCC(=O)O. The number of hydrogen-bond donors (Lipinski definition) is 2. The van der Waals surface area contributed by atoms with E-state index in [-0.39, 0.29) is 24.6 Å². The van der Waals surface area contributed by atoms with E-state index in [1.165, 1.54) is 0 Å². The van der Waals surface area contributed by atoms with Gasteiger partial charge in [-0.25, -0.2) is 4.79 Å². The van der Waals surface area contributed by atoms with Crippen molar-refractivity contribution in [2.75, 3.05) is 19.7 Å². The van der Waals surface area contributed by atoms with Crippen LogP contribution in [0.25, 0.3) is 0 Å². The Morgan fingerprint density at radius 1 is 1.39 bits per heavy atom. The van der Waals surface area contributed by atoms with Gasteiger partial charge in [-0.15, -0.1) is 0 Å². The maximum atomic E-state index is 12.3. The number of carboxylic acids is 1. The normalized spacial score (nSPS) is 21.0. The highest BCUT2D eigenvalue weighted by atomic mass is 79.9. The Bertz CT molecular complexity index is 550. The zero-order valence-corrected chi connectivity index (χ0v) is 14.6. The molecule has 2 N–H and O–H groups in total. The summed E-state index contributed by atoms with van der Waals surface area (Å²) < 4.78 is 6.84. The lowest BCUT2D eigenvalue weighted by molar-refractivity contribution is -0.137. The van der Waals surface area contributed by atoms with Crippen molar-refractivity contribution < 1.29 is 19.4 Å². The van der Waals surface area contributed by atoms with Crippen molar-refractivity contribution in [3.05, 3.63) is 34.3 Å². The lowest BCUT2D eigenvalue weighted by atomic mass is 10.0. The summed E-state index contributed by atoms with van der Waals surface area (Å²) in [4.78, 5) is 24.5. The Balaban J connectivity index is 1.93. The van der Waals surface area contributed by atoms with Crippen LogP contribution in [0.3, 0.4) is 0 Å². The molecule has 2 rings (SSSR count). The molecule has 2 amide bonds. The first-order valence-electron chi connectivity index (χ1n) is 7.62. The number of carboxylic acid groups (broad SMARTS) is 1. The molecule has 0 saturated carbocycles. The maximum Gasteiger partial charge on any atom is 0.317 e. The molecular weight excluding hydrogens is 364 g/mol. The van der Waals surface area contributed by atoms with E-state index in [2.05, 4.69) is 21.2 Å². The molecule has 6 nitrogen and oxygen atoms in total. The molecule has 1 fully saturated rings. The zero-order valence-electron chi connectivity index (χ0n) is 13.0. The lowest BCUT2D eigenvalue weighted by Gasteiger charge is -2.39. The van der Waals surface area contributed by atoms with Crippen molar-refractivity contribution in [3.63, 3.8) is 0 Å². The average Bonchev–Trinajstić information content (AvgIpc) is 2.52. The van der Waals surface area contributed by atoms with Crippen LogP contribution < -0.4 is 5.32 Å². The number of aliphatic carboxylic acids is 1. The molecule has 1 aromatic rings. The van der Waals surface area contributed by atoms with E-state index in [9.17, 15) is 9.59 Å². The average molecular weight is 385 g/mol. The Morgan fingerprint density at radius 2 is 2.09 bits per heavy atom. The number of carbonyl (C=O) groups is 2. The molecule has 2 unspecified atom stereocenters. The van der Waals surface area contributed by atoms with Crippen molar-refractivity contribution in [2.24, 2.45) is 0 Å². The van der Waals surface area contributed by atoms with Crippen LogP contribution in [-0.2, 0) is 9.53 Å². The van der Waals surface area contributed by atoms with E-state index in [0.29, 0.717) is 26.1 Å². The van der Waals surface area contributed by atoms with Gasteiger partial charge in [0.1, 0.15) is 6.10 Å². The van der Waals surface area contributed by atoms with Gasteiger partial charge in [0.15, 0.2) is 0 Å². The van der Waals surface area contributed by atoms with Gasteiger partial charge in [0.05, 0.1) is 12.6 Å². The van der Waals surface area contributed by atoms with E-state index in [4.69, 9.17) is 9.84 Å². The Kier molecular flexibility index (Phi) is 6.41. The highest BCUT2D eigenvalue weighted by Gasteiger charge is 2.32. The fourth-order valence-corrected chi connectivity index (χ4v) is 2.90. The molecular formula is C16H21BrN2O4. The number of nitrogens with one attached hydrogen (secondary N) is 1. The van der Waals surface area contributed by atoms with Crippen molar-refractivity contribution in [1.82, 2.24) is 10.2 Å². The predicted molar refractivity (Wildman–Crippen MR) is 89.3 cm³/mol. The van der Waals surface area contributed by atoms with E-state index in [0.717, 1.165) is 10.0 Å². The lowest BCUT2D eigenvalue weighted by Crippen LogP contribution is -2.52. The third kappa shape index (κ3) is 4.94. The minimum atomic E-state index is -0.853. The Labute approximate surface area is 143 Å². The number of carbonyl (C=O) groups excluding carboxylic acids is 1. The minimum Gasteiger partial charge on any atom is -0.481 e. The molecule has 2 atom stereocenters. The fourth-order valence-electron chi connectivity index (χ4n) is 2.63. The van der Waals surface area contributed by atoms with Crippen molar-refractivity contribution in [3.8, 4) is 0 Å². The van der Waals surface area contributed by atoms with E-state index in [1.807, 2.05) is 31.2 Å². The van der Waals surface area contributed by atoms with Gasteiger partial charge >= 0.3 is 12.0 Å². The molecule has 0 aromatic heterocycles. The summed E-state index contributed by atoms with van der Waals surface area (Å²) in [6.45, 7) is 3.33. The molecule has 0 bridgehead atoms. The Morgan fingerprint density at radius 3 is 2.74 bits per heavy atom. The van der Waals surface area contributed by atoms with Crippen LogP contribution >= 0.6 is 15.9 Å². The first-order chi connectivity index (χ1) is 11.0. The highest BCUT2D eigenvalue weighted by molar-refractivity contribution is 9.10. The number of nitrogens with zero attached hydrogens (tertiary/aromatic N) is 1. The van der Waals surface area contributed by atoms with Gasteiger partial charge in [-0.2, -0.15) is 0 Å². The number of rotatable bonds is 5. The maximum absolute atomic E-state index is 12.3. The molecule has 1 heterocycles. The topological polar surface area (TPSA) is 78.9 Å². The second-order valence-corrected chi connectivity index (χ2v) is 6.42. The van der Waals surface area contributed by atoms with Crippen molar-refractivity contribution in [2.45, 2.75) is 31.9 Å². The standard InChI is InChI=1S/C16H21BrN2O4/c1-11-15(12-4-6-13(17)7-5-12)23-10-9-19(11)16(22)18-8-2-3-14(20)21/h4-7,11,15H,2-3,8-10H2,1H3,(H,18,22)(H,20,21). The van der Waals surface area contributed by atoms with E-state index < -0.39 is 5.97 Å². The highest BCUT2D eigenvalue weighted by Crippen LogP contribution is 2.29.